The summed E-state index contributed by atoms with van der Waals surface area (Å²) in [5.41, 5.74) is 8.12. The predicted molar refractivity (Wildman–Crippen MR) is 125 cm³/mol. The Bertz CT molecular complexity index is 1210. The number of benzene rings is 1. The van der Waals surface area contributed by atoms with Gasteiger partial charge in [-0.2, -0.15) is 0 Å². The first-order valence-corrected chi connectivity index (χ1v) is 10.3. The van der Waals surface area contributed by atoms with Crippen LogP contribution in [0.25, 0.3) is 11.3 Å². The van der Waals surface area contributed by atoms with Gasteiger partial charge in [-0.25, -0.2) is 0 Å². The van der Waals surface area contributed by atoms with E-state index >= 15 is 0 Å². The van der Waals surface area contributed by atoms with Crippen LogP contribution in [0.15, 0.2) is 110 Å². The maximum absolute atomic E-state index is 4.23. The zero-order valence-corrected chi connectivity index (χ0v) is 17.3. The van der Waals surface area contributed by atoms with Gasteiger partial charge in [-0.05, 0) is 72.2 Å². The van der Waals surface area contributed by atoms with Gasteiger partial charge in [0.15, 0.2) is 0 Å². The van der Waals surface area contributed by atoms with E-state index in [2.05, 4.69) is 99.6 Å². The van der Waals surface area contributed by atoms with Crippen molar-refractivity contribution in [2.24, 2.45) is 0 Å². The molecule has 0 spiro atoms. The second kappa shape index (κ2) is 8.36. The number of nitrogens with zero attached hydrogens (tertiary/aromatic N) is 4. The standard InChI is InChI=1S/C27H22N4/c1-20-2-4-22(5-3-20)26-18-24(21-6-12-28-13-7-21)19-27(23-8-14-29-15-9-23)31(26)25-10-16-30-17-11-25/h2-19,26H,1H3. The molecule has 1 aromatic carbocycles. The second-order valence-electron chi connectivity index (χ2n) is 7.55. The molecule has 150 valence electrons. The average Bonchev–Trinajstić information content (AvgIpc) is 2.85. The lowest BCUT2D eigenvalue weighted by Crippen LogP contribution is -2.28. The summed E-state index contributed by atoms with van der Waals surface area (Å²) in [7, 11) is 0. The van der Waals surface area contributed by atoms with Gasteiger partial charge < -0.3 is 4.90 Å². The van der Waals surface area contributed by atoms with Gasteiger partial charge in [0, 0.05) is 54.1 Å². The molecule has 0 radical (unpaired) electrons. The highest BCUT2D eigenvalue weighted by molar-refractivity contribution is 5.93. The molecule has 0 saturated heterocycles. The number of hydrogen-bond acceptors (Lipinski definition) is 4. The van der Waals surface area contributed by atoms with Crippen molar-refractivity contribution in [1.29, 1.82) is 0 Å². The quantitative estimate of drug-likeness (QED) is 0.428. The van der Waals surface area contributed by atoms with Crippen LogP contribution < -0.4 is 4.90 Å². The summed E-state index contributed by atoms with van der Waals surface area (Å²) >= 11 is 0. The summed E-state index contributed by atoms with van der Waals surface area (Å²) in [6, 6.07) is 21.1. The number of aromatic nitrogens is 3. The lowest BCUT2D eigenvalue weighted by Gasteiger charge is -2.38. The van der Waals surface area contributed by atoms with Crippen LogP contribution in [0.4, 0.5) is 5.69 Å². The van der Waals surface area contributed by atoms with E-state index in [4.69, 9.17) is 0 Å². The summed E-state index contributed by atoms with van der Waals surface area (Å²) in [6.07, 6.45) is 15.6. The number of allylic oxidation sites excluding steroid dienone is 2. The normalized spacial score (nSPS) is 15.9. The van der Waals surface area contributed by atoms with Crippen molar-refractivity contribution in [3.05, 3.63) is 132 Å². The van der Waals surface area contributed by atoms with Crippen LogP contribution in [-0.4, -0.2) is 15.0 Å². The molecule has 0 N–H and O–H groups in total. The number of rotatable bonds is 4. The number of anilines is 1. The van der Waals surface area contributed by atoms with Gasteiger partial charge in [-0.1, -0.05) is 29.8 Å². The summed E-state index contributed by atoms with van der Waals surface area (Å²) in [5.74, 6) is 0. The molecule has 0 fully saturated rings. The van der Waals surface area contributed by atoms with E-state index in [1.54, 1.807) is 0 Å². The largest absolute Gasteiger partial charge is 0.330 e. The molecule has 31 heavy (non-hydrogen) atoms. The Morgan fingerprint density at radius 2 is 1.19 bits per heavy atom. The Labute approximate surface area is 182 Å². The summed E-state index contributed by atoms with van der Waals surface area (Å²) < 4.78 is 0. The monoisotopic (exact) mass is 402 g/mol. The van der Waals surface area contributed by atoms with Crippen molar-refractivity contribution in [3.63, 3.8) is 0 Å². The molecule has 4 heterocycles. The fourth-order valence-electron chi connectivity index (χ4n) is 3.94. The molecule has 0 aliphatic carbocycles. The minimum Gasteiger partial charge on any atom is -0.330 e. The van der Waals surface area contributed by atoms with Crippen LogP contribution >= 0.6 is 0 Å². The van der Waals surface area contributed by atoms with Crippen molar-refractivity contribution < 1.29 is 0 Å². The van der Waals surface area contributed by atoms with Crippen LogP contribution in [0.5, 0.6) is 0 Å². The van der Waals surface area contributed by atoms with Gasteiger partial charge >= 0.3 is 0 Å². The molecular weight excluding hydrogens is 380 g/mol. The van der Waals surface area contributed by atoms with Gasteiger partial charge in [-0.3, -0.25) is 15.0 Å². The Morgan fingerprint density at radius 3 is 1.81 bits per heavy atom. The molecule has 1 atom stereocenters. The number of hydrogen-bond donors (Lipinski definition) is 0. The summed E-state index contributed by atoms with van der Waals surface area (Å²) in [5, 5.41) is 0. The molecule has 1 aliphatic rings. The van der Waals surface area contributed by atoms with Crippen molar-refractivity contribution in [2.45, 2.75) is 13.0 Å². The minimum absolute atomic E-state index is 0.0272. The third-order valence-corrected chi connectivity index (χ3v) is 5.52. The van der Waals surface area contributed by atoms with E-state index in [0.29, 0.717) is 0 Å². The van der Waals surface area contributed by atoms with Crippen LogP contribution in [-0.2, 0) is 0 Å². The first-order valence-electron chi connectivity index (χ1n) is 10.3. The van der Waals surface area contributed by atoms with E-state index in [1.807, 2.05) is 37.2 Å². The van der Waals surface area contributed by atoms with Crippen molar-refractivity contribution in [1.82, 2.24) is 15.0 Å². The van der Waals surface area contributed by atoms with Crippen LogP contribution in [0.1, 0.15) is 28.3 Å². The maximum Gasteiger partial charge on any atom is 0.0784 e. The van der Waals surface area contributed by atoms with Crippen LogP contribution in [0.3, 0.4) is 0 Å². The Hall–Kier alpha value is -4.05. The molecule has 4 heteroatoms. The van der Waals surface area contributed by atoms with Gasteiger partial charge in [-0.15, -0.1) is 0 Å². The topological polar surface area (TPSA) is 41.9 Å². The van der Waals surface area contributed by atoms with Crippen LogP contribution in [0, 0.1) is 6.92 Å². The maximum atomic E-state index is 4.23. The zero-order chi connectivity index (χ0) is 21.0. The Balaban J connectivity index is 1.73. The average molecular weight is 403 g/mol. The minimum atomic E-state index is 0.0272. The van der Waals surface area contributed by atoms with E-state index in [1.165, 1.54) is 16.7 Å². The highest BCUT2D eigenvalue weighted by Gasteiger charge is 2.28. The highest BCUT2D eigenvalue weighted by Crippen LogP contribution is 2.42. The molecule has 0 saturated carbocycles. The zero-order valence-electron chi connectivity index (χ0n) is 17.3. The summed E-state index contributed by atoms with van der Waals surface area (Å²) in [6.45, 7) is 2.12. The molecule has 0 bridgehead atoms. The van der Waals surface area contributed by atoms with E-state index < -0.39 is 0 Å². The predicted octanol–water partition coefficient (Wildman–Crippen LogP) is 5.87. The SMILES string of the molecule is Cc1ccc(C2C=C(c3ccncc3)C=C(c3ccncc3)N2c2ccncc2)cc1. The van der Waals surface area contributed by atoms with E-state index in [9.17, 15) is 0 Å². The molecule has 1 unspecified atom stereocenters. The van der Waals surface area contributed by atoms with Gasteiger partial charge in [0.05, 0.1) is 6.04 Å². The number of aryl methyl sites for hydroxylation is 1. The van der Waals surface area contributed by atoms with Crippen molar-refractivity contribution in [3.8, 4) is 0 Å². The van der Waals surface area contributed by atoms with E-state index in [-0.39, 0.29) is 6.04 Å². The molecule has 1 aliphatic heterocycles. The van der Waals surface area contributed by atoms with Crippen molar-refractivity contribution in [2.75, 3.05) is 4.90 Å². The fraction of sp³-hybridized carbons (Fsp3) is 0.0741. The van der Waals surface area contributed by atoms with Gasteiger partial charge in [0.25, 0.3) is 0 Å². The van der Waals surface area contributed by atoms with Crippen molar-refractivity contribution >= 4 is 17.0 Å². The number of pyridine rings is 3. The Kier molecular flexibility index (Phi) is 5.11. The third-order valence-electron chi connectivity index (χ3n) is 5.52. The Morgan fingerprint density at radius 1 is 0.645 bits per heavy atom. The lowest BCUT2D eigenvalue weighted by molar-refractivity contribution is 0.849. The molecular formula is C27H22N4. The van der Waals surface area contributed by atoms with Gasteiger partial charge in [0.2, 0.25) is 0 Å². The van der Waals surface area contributed by atoms with Gasteiger partial charge in [0.1, 0.15) is 0 Å². The lowest BCUT2D eigenvalue weighted by atomic mass is 9.91. The molecule has 0 amide bonds. The first kappa shape index (κ1) is 18.9. The molecule has 5 rings (SSSR count). The van der Waals surface area contributed by atoms with E-state index in [0.717, 1.165) is 22.5 Å². The molecule has 3 aromatic heterocycles. The smallest absolute Gasteiger partial charge is 0.0784 e. The van der Waals surface area contributed by atoms with Crippen LogP contribution in [0.2, 0.25) is 0 Å². The molecule has 4 aromatic rings. The third kappa shape index (κ3) is 3.88. The second-order valence-corrected chi connectivity index (χ2v) is 7.55. The summed E-state index contributed by atoms with van der Waals surface area (Å²) in [4.78, 5) is 15.0. The fourth-order valence-corrected chi connectivity index (χ4v) is 3.94. The highest BCUT2D eigenvalue weighted by atomic mass is 15.2. The molecule has 4 nitrogen and oxygen atoms in total. The first-order chi connectivity index (χ1) is 15.3.